The summed E-state index contributed by atoms with van der Waals surface area (Å²) in [5.74, 6) is 2.53. The van der Waals surface area contributed by atoms with Crippen molar-refractivity contribution in [2.24, 2.45) is 17.8 Å². The Bertz CT molecular complexity index is 283. The third-order valence-corrected chi connectivity index (χ3v) is 5.56. The molecule has 2 rings (SSSR count). The van der Waals surface area contributed by atoms with Gasteiger partial charge in [0.05, 0.1) is 0 Å². The van der Waals surface area contributed by atoms with E-state index < -0.39 is 0 Å². The number of carbonyl (C=O) groups excluding carboxylic acids is 1. The van der Waals surface area contributed by atoms with Gasteiger partial charge < -0.3 is 5.32 Å². The van der Waals surface area contributed by atoms with E-state index in [1.54, 1.807) is 0 Å². The first-order chi connectivity index (χ1) is 9.16. The number of hydrogen-bond donors (Lipinski definition) is 1. The minimum atomic E-state index is 0.302. The minimum absolute atomic E-state index is 0.302. The van der Waals surface area contributed by atoms with Crippen LogP contribution in [0.4, 0.5) is 0 Å². The Morgan fingerprint density at radius 3 is 2.47 bits per heavy atom. The monoisotopic (exact) mass is 265 g/mol. The summed E-state index contributed by atoms with van der Waals surface area (Å²) in [5, 5.41) is 3.30. The fourth-order valence-corrected chi connectivity index (χ4v) is 3.88. The molecule has 0 heterocycles. The van der Waals surface area contributed by atoms with Crippen LogP contribution in [0.5, 0.6) is 0 Å². The summed E-state index contributed by atoms with van der Waals surface area (Å²) in [5.41, 5.74) is 0. The Kier molecular flexibility index (Phi) is 5.72. The van der Waals surface area contributed by atoms with E-state index in [0.717, 1.165) is 24.7 Å². The standard InChI is InChI=1S/C17H31NO/c1-13-7-6-10-16(14(13)2)18-17(19)12-11-15-8-4-3-5-9-15/h13-16H,3-12H2,1-2H3,(H,18,19)/t13-,14+,16-/m1/s1. The summed E-state index contributed by atoms with van der Waals surface area (Å²) in [7, 11) is 0. The van der Waals surface area contributed by atoms with E-state index in [9.17, 15) is 4.79 Å². The highest BCUT2D eigenvalue weighted by Crippen LogP contribution is 2.30. The molecule has 2 saturated carbocycles. The van der Waals surface area contributed by atoms with Crippen LogP contribution >= 0.6 is 0 Å². The van der Waals surface area contributed by atoms with Crippen molar-refractivity contribution in [3.8, 4) is 0 Å². The van der Waals surface area contributed by atoms with E-state index in [4.69, 9.17) is 0 Å². The smallest absolute Gasteiger partial charge is 0.220 e. The Morgan fingerprint density at radius 2 is 1.74 bits per heavy atom. The van der Waals surface area contributed by atoms with Crippen LogP contribution in [0.1, 0.15) is 78.1 Å². The van der Waals surface area contributed by atoms with Gasteiger partial charge in [0.15, 0.2) is 0 Å². The van der Waals surface area contributed by atoms with Crippen molar-refractivity contribution in [1.82, 2.24) is 5.32 Å². The van der Waals surface area contributed by atoms with Gasteiger partial charge in [-0.3, -0.25) is 4.79 Å². The number of rotatable bonds is 4. The molecule has 1 N–H and O–H groups in total. The maximum Gasteiger partial charge on any atom is 0.220 e. The zero-order valence-electron chi connectivity index (χ0n) is 12.8. The molecule has 2 aliphatic carbocycles. The van der Waals surface area contributed by atoms with E-state index >= 15 is 0 Å². The molecular weight excluding hydrogens is 234 g/mol. The average molecular weight is 265 g/mol. The second-order valence-electron chi connectivity index (χ2n) is 6.98. The quantitative estimate of drug-likeness (QED) is 0.807. The molecule has 0 saturated heterocycles. The van der Waals surface area contributed by atoms with Gasteiger partial charge in [0.2, 0.25) is 5.91 Å². The predicted octanol–water partition coefficient (Wildman–Crippen LogP) is 4.29. The summed E-state index contributed by atoms with van der Waals surface area (Å²) in [6.07, 6.45) is 12.5. The van der Waals surface area contributed by atoms with Crippen molar-refractivity contribution in [1.29, 1.82) is 0 Å². The fourth-order valence-electron chi connectivity index (χ4n) is 3.88. The third-order valence-electron chi connectivity index (χ3n) is 5.56. The van der Waals surface area contributed by atoms with Crippen molar-refractivity contribution < 1.29 is 4.79 Å². The van der Waals surface area contributed by atoms with E-state index in [1.807, 2.05) is 0 Å². The zero-order valence-corrected chi connectivity index (χ0v) is 12.8. The topological polar surface area (TPSA) is 29.1 Å². The van der Waals surface area contributed by atoms with Crippen LogP contribution in [-0.4, -0.2) is 11.9 Å². The van der Waals surface area contributed by atoms with Crippen LogP contribution in [0.15, 0.2) is 0 Å². The summed E-state index contributed by atoms with van der Waals surface area (Å²) < 4.78 is 0. The van der Waals surface area contributed by atoms with Crippen LogP contribution < -0.4 is 5.32 Å². The molecular formula is C17H31NO. The average Bonchev–Trinajstić information content (AvgIpc) is 2.43. The number of hydrogen-bond acceptors (Lipinski definition) is 1. The molecule has 0 unspecified atom stereocenters. The highest BCUT2D eigenvalue weighted by Gasteiger charge is 2.28. The Morgan fingerprint density at radius 1 is 1.00 bits per heavy atom. The summed E-state index contributed by atoms with van der Waals surface area (Å²) >= 11 is 0. The molecule has 3 atom stereocenters. The maximum absolute atomic E-state index is 12.1. The van der Waals surface area contributed by atoms with E-state index in [-0.39, 0.29) is 0 Å². The number of nitrogens with one attached hydrogen (secondary N) is 1. The first kappa shape index (κ1) is 14.9. The van der Waals surface area contributed by atoms with Gasteiger partial charge in [-0.1, -0.05) is 58.8 Å². The lowest BCUT2D eigenvalue weighted by molar-refractivity contribution is -0.122. The van der Waals surface area contributed by atoms with Gasteiger partial charge in [0, 0.05) is 12.5 Å². The van der Waals surface area contributed by atoms with Crippen molar-refractivity contribution >= 4 is 5.91 Å². The van der Waals surface area contributed by atoms with E-state index in [1.165, 1.54) is 51.4 Å². The number of carbonyl (C=O) groups is 1. The molecule has 0 bridgehead atoms. The lowest BCUT2D eigenvalue weighted by Crippen LogP contribution is -2.43. The molecule has 0 aromatic heterocycles. The Balaban J connectivity index is 1.68. The lowest BCUT2D eigenvalue weighted by Gasteiger charge is -2.34. The van der Waals surface area contributed by atoms with E-state index in [2.05, 4.69) is 19.2 Å². The molecule has 2 nitrogen and oxygen atoms in total. The van der Waals surface area contributed by atoms with Gasteiger partial charge >= 0.3 is 0 Å². The van der Waals surface area contributed by atoms with Crippen molar-refractivity contribution in [2.75, 3.05) is 0 Å². The van der Waals surface area contributed by atoms with Crippen LogP contribution in [0.25, 0.3) is 0 Å². The fraction of sp³-hybridized carbons (Fsp3) is 0.941. The summed E-state index contributed by atoms with van der Waals surface area (Å²) in [6.45, 7) is 4.63. The molecule has 2 aliphatic rings. The molecule has 110 valence electrons. The second kappa shape index (κ2) is 7.31. The van der Waals surface area contributed by atoms with Crippen LogP contribution in [0.2, 0.25) is 0 Å². The third kappa shape index (κ3) is 4.50. The first-order valence-electron chi connectivity index (χ1n) is 8.46. The first-order valence-corrected chi connectivity index (χ1v) is 8.46. The van der Waals surface area contributed by atoms with Crippen molar-refractivity contribution in [3.63, 3.8) is 0 Å². The molecule has 0 aliphatic heterocycles. The lowest BCUT2D eigenvalue weighted by atomic mass is 9.78. The van der Waals surface area contributed by atoms with Gasteiger partial charge in [-0.15, -0.1) is 0 Å². The van der Waals surface area contributed by atoms with Crippen molar-refractivity contribution in [3.05, 3.63) is 0 Å². The molecule has 1 amide bonds. The van der Waals surface area contributed by atoms with Crippen LogP contribution in [0, 0.1) is 17.8 Å². The molecule has 0 aromatic rings. The molecule has 19 heavy (non-hydrogen) atoms. The Labute approximate surface area is 118 Å². The van der Waals surface area contributed by atoms with Gasteiger partial charge in [0.1, 0.15) is 0 Å². The molecule has 0 aromatic carbocycles. The highest BCUT2D eigenvalue weighted by atomic mass is 16.1. The molecule has 0 radical (unpaired) electrons. The number of amides is 1. The Hall–Kier alpha value is -0.530. The normalized spacial score (nSPS) is 33.1. The maximum atomic E-state index is 12.1. The van der Waals surface area contributed by atoms with Gasteiger partial charge in [-0.2, -0.15) is 0 Å². The van der Waals surface area contributed by atoms with Gasteiger partial charge in [-0.05, 0) is 30.6 Å². The van der Waals surface area contributed by atoms with Gasteiger partial charge in [-0.25, -0.2) is 0 Å². The largest absolute Gasteiger partial charge is 0.353 e. The molecule has 2 heteroatoms. The second-order valence-corrected chi connectivity index (χ2v) is 6.98. The predicted molar refractivity (Wildman–Crippen MR) is 79.9 cm³/mol. The molecule has 0 spiro atoms. The van der Waals surface area contributed by atoms with E-state index in [0.29, 0.717) is 17.9 Å². The van der Waals surface area contributed by atoms with Crippen LogP contribution in [0.3, 0.4) is 0 Å². The highest BCUT2D eigenvalue weighted by molar-refractivity contribution is 5.76. The van der Waals surface area contributed by atoms with Crippen molar-refractivity contribution in [2.45, 2.75) is 84.1 Å². The SMILES string of the molecule is C[C@H]1[C@H](C)CCC[C@H]1NC(=O)CCC1CCCCC1. The van der Waals surface area contributed by atoms with Crippen LogP contribution in [-0.2, 0) is 4.79 Å². The zero-order chi connectivity index (χ0) is 13.7. The van der Waals surface area contributed by atoms with Gasteiger partial charge in [0.25, 0.3) is 0 Å². The summed E-state index contributed by atoms with van der Waals surface area (Å²) in [4.78, 5) is 12.1. The molecule has 2 fully saturated rings. The minimum Gasteiger partial charge on any atom is -0.353 e. The summed E-state index contributed by atoms with van der Waals surface area (Å²) in [6, 6.07) is 0.433.